The number of aliphatic hydroxyl groups is 1. The molecule has 4 heteroatoms. The Labute approximate surface area is 144 Å². The van der Waals surface area contributed by atoms with Crippen LogP contribution < -0.4 is 0 Å². The summed E-state index contributed by atoms with van der Waals surface area (Å²) in [6.45, 7) is 4.21. The first-order valence-electron chi connectivity index (χ1n) is 9.50. The molecule has 0 amide bonds. The summed E-state index contributed by atoms with van der Waals surface area (Å²) >= 11 is 0. The van der Waals surface area contributed by atoms with Gasteiger partial charge >= 0.3 is 0 Å². The first-order valence-corrected chi connectivity index (χ1v) is 9.50. The monoisotopic (exact) mass is 331 g/mol. The molecule has 24 heavy (non-hydrogen) atoms. The van der Waals surface area contributed by atoms with Crippen LogP contribution in [-0.2, 0) is 9.59 Å². The average Bonchev–Trinajstić information content (AvgIpc) is 2.88. The topological polar surface area (TPSA) is 57.6 Å². The molecule has 0 radical (unpaired) electrons. The Balaban J connectivity index is 1.85. The summed E-state index contributed by atoms with van der Waals surface area (Å²) in [6, 6.07) is -0.105. The highest BCUT2D eigenvalue weighted by Gasteiger charge is 2.59. The molecule has 6 atom stereocenters. The van der Waals surface area contributed by atoms with E-state index in [4.69, 9.17) is 0 Å². The van der Waals surface area contributed by atoms with E-state index in [1.54, 1.807) is 0 Å². The number of rotatable bonds is 6. The third-order valence-corrected chi connectivity index (χ3v) is 6.25. The molecule has 0 aromatic heterocycles. The van der Waals surface area contributed by atoms with Crippen molar-refractivity contribution in [2.24, 2.45) is 17.8 Å². The second-order valence-corrected chi connectivity index (χ2v) is 7.67. The number of hydrogen-bond donors (Lipinski definition) is 1. The standard InChI is InChI=1S/C20H29NO3/c1-3-4-10-17(23)19-15-11-18(24)20(15)21(16(19)12-22)13(2)14-8-6-5-7-9-14/h6,8,13-15,17,19-20,23H,3-5,7,9-11H2,1-2H3/t13-,14?,15-,17?,19?,20?/m0/s1. The molecule has 0 aromatic rings. The Morgan fingerprint density at radius 1 is 1.46 bits per heavy atom. The number of allylic oxidation sites excluding steroid dienone is 1. The fraction of sp³-hybridized carbons (Fsp3) is 0.750. The van der Waals surface area contributed by atoms with Gasteiger partial charge in [-0.3, -0.25) is 4.79 Å². The van der Waals surface area contributed by atoms with Crippen LogP contribution in [-0.4, -0.2) is 39.9 Å². The van der Waals surface area contributed by atoms with Crippen molar-refractivity contribution < 1.29 is 14.7 Å². The van der Waals surface area contributed by atoms with Crippen molar-refractivity contribution in [2.45, 2.75) is 77.0 Å². The van der Waals surface area contributed by atoms with Crippen molar-refractivity contribution in [1.29, 1.82) is 0 Å². The van der Waals surface area contributed by atoms with Crippen LogP contribution in [0.4, 0.5) is 0 Å². The summed E-state index contributed by atoms with van der Waals surface area (Å²) in [5.41, 5.74) is 0.547. The summed E-state index contributed by atoms with van der Waals surface area (Å²) in [7, 11) is 0. The van der Waals surface area contributed by atoms with Crippen LogP contribution in [0, 0.1) is 17.8 Å². The molecule has 1 aliphatic heterocycles. The van der Waals surface area contributed by atoms with Crippen LogP contribution in [0.5, 0.6) is 0 Å². The Hall–Kier alpha value is -1.38. The van der Waals surface area contributed by atoms with Crippen LogP contribution in [0.2, 0.25) is 0 Å². The Kier molecular flexibility index (Phi) is 5.27. The highest BCUT2D eigenvalue weighted by molar-refractivity contribution is 5.92. The van der Waals surface area contributed by atoms with Gasteiger partial charge in [0.25, 0.3) is 0 Å². The molecular formula is C20H29NO3. The van der Waals surface area contributed by atoms with Gasteiger partial charge in [0, 0.05) is 24.3 Å². The molecule has 132 valence electrons. The molecule has 2 aliphatic carbocycles. The Bertz CT molecular complexity index is 563. The van der Waals surface area contributed by atoms with Crippen LogP contribution in [0.25, 0.3) is 0 Å². The number of nitrogens with zero attached hydrogens (tertiary/aromatic N) is 1. The maximum Gasteiger partial charge on any atom is 0.155 e. The van der Waals surface area contributed by atoms with E-state index in [0.717, 1.165) is 32.1 Å². The minimum atomic E-state index is -0.541. The zero-order valence-electron chi connectivity index (χ0n) is 14.8. The minimum absolute atomic E-state index is 0.0934. The van der Waals surface area contributed by atoms with Crippen LogP contribution in [0.3, 0.4) is 0 Å². The number of aliphatic hydroxyl groups excluding tert-OH is 1. The lowest BCUT2D eigenvalue weighted by Crippen LogP contribution is -2.53. The highest BCUT2D eigenvalue weighted by Crippen LogP contribution is 2.50. The summed E-state index contributed by atoms with van der Waals surface area (Å²) < 4.78 is 0. The second kappa shape index (κ2) is 7.25. The second-order valence-electron chi connectivity index (χ2n) is 7.67. The van der Waals surface area contributed by atoms with E-state index in [9.17, 15) is 14.7 Å². The number of unbranched alkanes of at least 4 members (excludes halogenated alkanes) is 1. The maximum absolute atomic E-state index is 12.3. The SMILES string of the molecule is CCCCC(O)C1C(=C=O)N([C@@H](C)C2C=CCCC2)C2C(=O)C[C@@H]12. The third kappa shape index (κ3) is 2.87. The first-order chi connectivity index (χ1) is 11.6. The summed E-state index contributed by atoms with van der Waals surface area (Å²) in [6.07, 6.45) is 10.4. The smallest absolute Gasteiger partial charge is 0.155 e. The van der Waals surface area contributed by atoms with E-state index in [-0.39, 0.29) is 29.7 Å². The summed E-state index contributed by atoms with van der Waals surface area (Å²) in [4.78, 5) is 26.1. The Morgan fingerprint density at radius 3 is 2.83 bits per heavy atom. The number of Topliss-reactive ketones (excluding diaryl/α,β-unsaturated/α-hetero) is 1. The first kappa shape index (κ1) is 17.4. The number of hydrogen-bond acceptors (Lipinski definition) is 4. The molecule has 4 unspecified atom stereocenters. The van der Waals surface area contributed by atoms with Crippen molar-refractivity contribution in [3.05, 3.63) is 17.8 Å². The predicted octanol–water partition coefficient (Wildman–Crippen LogP) is 2.89. The van der Waals surface area contributed by atoms with Crippen molar-refractivity contribution in [2.75, 3.05) is 0 Å². The molecule has 1 saturated heterocycles. The van der Waals surface area contributed by atoms with Crippen molar-refractivity contribution in [3.63, 3.8) is 0 Å². The number of carbonyl (C=O) groups excluding carboxylic acids is 2. The molecule has 1 heterocycles. The van der Waals surface area contributed by atoms with E-state index < -0.39 is 6.10 Å². The van der Waals surface area contributed by atoms with E-state index in [0.29, 0.717) is 24.5 Å². The fourth-order valence-electron chi connectivity index (χ4n) is 4.85. The lowest BCUT2D eigenvalue weighted by atomic mass is 9.71. The van der Waals surface area contributed by atoms with Crippen LogP contribution in [0.15, 0.2) is 17.8 Å². The highest BCUT2D eigenvalue weighted by atomic mass is 16.3. The lowest BCUT2D eigenvalue weighted by molar-refractivity contribution is -0.135. The number of fused-ring (bicyclic) bond motifs is 1. The van der Waals surface area contributed by atoms with Gasteiger partial charge in [-0.05, 0) is 38.5 Å². The largest absolute Gasteiger partial charge is 0.392 e. The van der Waals surface area contributed by atoms with Gasteiger partial charge in [0.1, 0.15) is 11.6 Å². The van der Waals surface area contributed by atoms with E-state index in [1.807, 2.05) is 4.90 Å². The Morgan fingerprint density at radius 2 is 2.25 bits per heavy atom. The van der Waals surface area contributed by atoms with Gasteiger partial charge in [-0.1, -0.05) is 31.9 Å². The van der Waals surface area contributed by atoms with Crippen molar-refractivity contribution >= 4 is 11.7 Å². The molecule has 2 fully saturated rings. The third-order valence-electron chi connectivity index (χ3n) is 6.25. The number of ketones is 1. The van der Waals surface area contributed by atoms with Gasteiger partial charge in [0.05, 0.1) is 12.1 Å². The molecule has 0 spiro atoms. The average molecular weight is 331 g/mol. The molecule has 0 aromatic carbocycles. The van der Waals surface area contributed by atoms with E-state index in [2.05, 4.69) is 31.9 Å². The van der Waals surface area contributed by atoms with Gasteiger partial charge in [-0.25, -0.2) is 4.79 Å². The van der Waals surface area contributed by atoms with Crippen LogP contribution in [0.1, 0.15) is 58.8 Å². The normalized spacial score (nSPS) is 34.5. The fourth-order valence-corrected chi connectivity index (χ4v) is 4.85. The molecule has 1 N–H and O–H groups in total. The number of carbonyl (C=O) groups is 1. The summed E-state index contributed by atoms with van der Waals surface area (Å²) in [5.74, 6) is 2.57. The molecular weight excluding hydrogens is 302 g/mol. The predicted molar refractivity (Wildman–Crippen MR) is 92.9 cm³/mol. The zero-order valence-corrected chi connectivity index (χ0v) is 14.8. The molecule has 3 aliphatic rings. The molecule has 1 saturated carbocycles. The quantitative estimate of drug-likeness (QED) is 0.600. The van der Waals surface area contributed by atoms with Gasteiger partial charge in [-0.2, -0.15) is 0 Å². The maximum atomic E-state index is 12.3. The van der Waals surface area contributed by atoms with Gasteiger partial charge in [-0.15, -0.1) is 0 Å². The van der Waals surface area contributed by atoms with Crippen molar-refractivity contribution in [1.82, 2.24) is 4.90 Å². The van der Waals surface area contributed by atoms with E-state index >= 15 is 0 Å². The summed E-state index contributed by atoms with van der Waals surface area (Å²) in [5, 5.41) is 10.6. The molecule has 3 rings (SSSR count). The van der Waals surface area contributed by atoms with Gasteiger partial charge in [0.15, 0.2) is 5.78 Å². The minimum Gasteiger partial charge on any atom is -0.392 e. The van der Waals surface area contributed by atoms with E-state index in [1.165, 1.54) is 0 Å². The number of likely N-dealkylation sites (tertiary alicyclic amines) is 1. The molecule has 0 bridgehead atoms. The van der Waals surface area contributed by atoms with Crippen LogP contribution >= 0.6 is 0 Å². The van der Waals surface area contributed by atoms with Gasteiger partial charge in [0.2, 0.25) is 0 Å². The van der Waals surface area contributed by atoms with Gasteiger partial charge < -0.3 is 10.0 Å². The zero-order chi connectivity index (χ0) is 17.3. The lowest BCUT2D eigenvalue weighted by Gasteiger charge is -2.41. The molecule has 4 nitrogen and oxygen atoms in total. The van der Waals surface area contributed by atoms with Crippen molar-refractivity contribution in [3.8, 4) is 0 Å².